The van der Waals surface area contributed by atoms with Crippen LogP contribution in [0.1, 0.15) is 53.4 Å². The number of nitrogens with zero attached hydrogens (tertiary/aromatic N) is 1. The zero-order valence-corrected chi connectivity index (χ0v) is 12.1. The van der Waals surface area contributed by atoms with E-state index in [0.29, 0.717) is 12.5 Å². The minimum absolute atomic E-state index is 0.0389. The second-order valence-corrected chi connectivity index (χ2v) is 5.78. The number of rotatable bonds is 6. The van der Waals surface area contributed by atoms with E-state index < -0.39 is 5.54 Å². The molecule has 1 saturated heterocycles. The number of amides is 2. The molecule has 0 spiro atoms. The van der Waals surface area contributed by atoms with E-state index in [1.807, 2.05) is 0 Å². The smallest absolute Gasteiger partial charge is 0.248 e. The fourth-order valence-electron chi connectivity index (χ4n) is 2.46. The lowest BCUT2D eigenvalue weighted by molar-refractivity contribution is -0.149. The van der Waals surface area contributed by atoms with Crippen molar-refractivity contribution in [2.75, 3.05) is 13.1 Å². The van der Waals surface area contributed by atoms with Crippen LogP contribution in [0.15, 0.2) is 0 Å². The Balaban J connectivity index is 2.63. The fourth-order valence-corrected chi connectivity index (χ4v) is 2.46. The molecule has 4 nitrogen and oxygen atoms in total. The highest BCUT2D eigenvalue weighted by Crippen LogP contribution is 2.19. The highest BCUT2D eigenvalue weighted by molar-refractivity contribution is 5.97. The van der Waals surface area contributed by atoms with Crippen molar-refractivity contribution in [1.29, 1.82) is 0 Å². The van der Waals surface area contributed by atoms with Gasteiger partial charge in [0.15, 0.2) is 0 Å². The number of hydrogen-bond acceptors (Lipinski definition) is 2. The summed E-state index contributed by atoms with van der Waals surface area (Å²) < 4.78 is 0. The third kappa shape index (κ3) is 3.72. The summed E-state index contributed by atoms with van der Waals surface area (Å²) in [5.41, 5.74) is -0.752. The molecule has 1 fully saturated rings. The predicted octanol–water partition coefficient (Wildman–Crippen LogP) is 1.94. The Morgan fingerprint density at radius 1 is 1.33 bits per heavy atom. The molecule has 104 valence electrons. The molecule has 0 aromatic carbocycles. The van der Waals surface area contributed by atoms with Crippen molar-refractivity contribution in [3.05, 3.63) is 0 Å². The van der Waals surface area contributed by atoms with Gasteiger partial charge in [0.05, 0.1) is 6.54 Å². The summed E-state index contributed by atoms with van der Waals surface area (Å²) in [5.74, 6) is 0.498. The van der Waals surface area contributed by atoms with Gasteiger partial charge < -0.3 is 10.2 Å². The van der Waals surface area contributed by atoms with Crippen LogP contribution in [0.2, 0.25) is 0 Å². The molecule has 1 N–H and O–H groups in total. The first-order valence-corrected chi connectivity index (χ1v) is 7.01. The second kappa shape index (κ2) is 6.21. The molecule has 0 radical (unpaired) electrons. The van der Waals surface area contributed by atoms with Crippen LogP contribution in [-0.2, 0) is 9.59 Å². The van der Waals surface area contributed by atoms with Crippen molar-refractivity contribution in [3.8, 4) is 0 Å². The first-order valence-electron chi connectivity index (χ1n) is 7.01. The average molecular weight is 254 g/mol. The highest BCUT2D eigenvalue weighted by Gasteiger charge is 2.39. The normalized spacial score (nSPS) is 20.8. The largest absolute Gasteiger partial charge is 0.341 e. The maximum absolute atomic E-state index is 12.2. The van der Waals surface area contributed by atoms with Crippen LogP contribution >= 0.6 is 0 Å². The minimum atomic E-state index is -0.752. The molecule has 1 heterocycles. The van der Waals surface area contributed by atoms with Gasteiger partial charge in [-0.15, -0.1) is 0 Å². The molecule has 4 heteroatoms. The molecule has 0 saturated carbocycles. The molecule has 2 amide bonds. The topological polar surface area (TPSA) is 49.4 Å². The standard InChI is InChI=1S/C14H26N2O2/c1-5-7-8-11(6-2)9-16-10-12(17)15-14(3,4)13(16)18/h11H,5-10H2,1-4H3,(H,15,17). The van der Waals surface area contributed by atoms with Crippen molar-refractivity contribution in [2.24, 2.45) is 5.92 Å². The SMILES string of the molecule is CCCCC(CC)CN1CC(=O)NC(C)(C)C1=O. The summed E-state index contributed by atoms with van der Waals surface area (Å²) in [7, 11) is 0. The Morgan fingerprint density at radius 2 is 2.00 bits per heavy atom. The van der Waals surface area contributed by atoms with E-state index in [0.717, 1.165) is 12.8 Å². The molecule has 0 aromatic heterocycles. The highest BCUT2D eigenvalue weighted by atomic mass is 16.2. The van der Waals surface area contributed by atoms with Crippen molar-refractivity contribution < 1.29 is 9.59 Å². The van der Waals surface area contributed by atoms with Crippen molar-refractivity contribution >= 4 is 11.8 Å². The van der Waals surface area contributed by atoms with Crippen molar-refractivity contribution in [1.82, 2.24) is 10.2 Å². The summed E-state index contributed by atoms with van der Waals surface area (Å²) in [6.45, 7) is 8.80. The zero-order chi connectivity index (χ0) is 13.8. The van der Waals surface area contributed by atoms with Crippen LogP contribution in [0.25, 0.3) is 0 Å². The quantitative estimate of drug-likeness (QED) is 0.787. The van der Waals surface area contributed by atoms with Gasteiger partial charge in [0.1, 0.15) is 5.54 Å². The van der Waals surface area contributed by atoms with Gasteiger partial charge in [0, 0.05) is 6.54 Å². The third-order valence-electron chi connectivity index (χ3n) is 3.63. The Morgan fingerprint density at radius 3 is 2.56 bits per heavy atom. The molecule has 18 heavy (non-hydrogen) atoms. The van der Waals surface area contributed by atoms with Crippen LogP contribution in [0.4, 0.5) is 0 Å². The Labute approximate surface area is 110 Å². The third-order valence-corrected chi connectivity index (χ3v) is 3.63. The fraction of sp³-hybridized carbons (Fsp3) is 0.857. The molecule has 1 atom stereocenters. The lowest BCUT2D eigenvalue weighted by atomic mass is 9.95. The van der Waals surface area contributed by atoms with Crippen molar-refractivity contribution in [2.45, 2.75) is 58.9 Å². The second-order valence-electron chi connectivity index (χ2n) is 5.78. The molecule has 1 rings (SSSR count). The average Bonchev–Trinajstić information content (AvgIpc) is 2.29. The van der Waals surface area contributed by atoms with Gasteiger partial charge in [0.25, 0.3) is 0 Å². The Kier molecular flexibility index (Phi) is 5.17. The molecule has 0 aliphatic carbocycles. The van der Waals surface area contributed by atoms with Gasteiger partial charge >= 0.3 is 0 Å². The van der Waals surface area contributed by atoms with Crippen LogP contribution in [0, 0.1) is 5.92 Å². The number of nitrogens with one attached hydrogen (secondary N) is 1. The lowest BCUT2D eigenvalue weighted by Crippen LogP contribution is -2.64. The van der Waals surface area contributed by atoms with E-state index in [4.69, 9.17) is 0 Å². The molecule has 0 bridgehead atoms. The summed E-state index contributed by atoms with van der Waals surface area (Å²) in [5, 5.41) is 2.74. The van der Waals surface area contributed by atoms with Gasteiger partial charge in [-0.2, -0.15) is 0 Å². The summed E-state index contributed by atoms with van der Waals surface area (Å²) in [6, 6.07) is 0. The van der Waals surface area contributed by atoms with Crippen LogP contribution in [0.5, 0.6) is 0 Å². The molecule has 1 aliphatic rings. The maximum atomic E-state index is 12.2. The predicted molar refractivity (Wildman–Crippen MR) is 72.1 cm³/mol. The lowest BCUT2D eigenvalue weighted by Gasteiger charge is -2.39. The van der Waals surface area contributed by atoms with Crippen molar-refractivity contribution in [3.63, 3.8) is 0 Å². The van der Waals surface area contributed by atoms with E-state index in [-0.39, 0.29) is 18.4 Å². The van der Waals surface area contributed by atoms with E-state index >= 15 is 0 Å². The van der Waals surface area contributed by atoms with Crippen LogP contribution in [-0.4, -0.2) is 35.3 Å². The molecule has 1 aliphatic heterocycles. The van der Waals surface area contributed by atoms with E-state index in [1.54, 1.807) is 18.7 Å². The first kappa shape index (κ1) is 15.0. The monoisotopic (exact) mass is 254 g/mol. The molecule has 1 unspecified atom stereocenters. The van der Waals surface area contributed by atoms with Gasteiger partial charge in [0.2, 0.25) is 11.8 Å². The van der Waals surface area contributed by atoms with Gasteiger partial charge in [-0.05, 0) is 26.2 Å². The number of hydrogen-bond donors (Lipinski definition) is 1. The van der Waals surface area contributed by atoms with Gasteiger partial charge in [-0.3, -0.25) is 9.59 Å². The van der Waals surface area contributed by atoms with Gasteiger partial charge in [-0.25, -0.2) is 0 Å². The molecule has 0 aromatic rings. The number of unbranched alkanes of at least 4 members (excludes halogenated alkanes) is 1. The maximum Gasteiger partial charge on any atom is 0.248 e. The summed E-state index contributed by atoms with van der Waals surface area (Å²) >= 11 is 0. The van der Waals surface area contributed by atoms with Crippen LogP contribution in [0.3, 0.4) is 0 Å². The molecular formula is C14H26N2O2. The summed E-state index contributed by atoms with van der Waals surface area (Å²) in [6.07, 6.45) is 4.57. The van der Waals surface area contributed by atoms with E-state index in [2.05, 4.69) is 19.2 Å². The van der Waals surface area contributed by atoms with Crippen LogP contribution < -0.4 is 5.32 Å². The summed E-state index contributed by atoms with van der Waals surface area (Å²) in [4.78, 5) is 25.6. The zero-order valence-electron chi connectivity index (χ0n) is 12.1. The Bertz CT molecular complexity index is 313. The first-order chi connectivity index (χ1) is 8.40. The van der Waals surface area contributed by atoms with Gasteiger partial charge in [-0.1, -0.05) is 33.1 Å². The number of carbonyl (C=O) groups is 2. The number of carbonyl (C=O) groups excluding carboxylic acids is 2. The van der Waals surface area contributed by atoms with E-state index in [9.17, 15) is 9.59 Å². The molecular weight excluding hydrogens is 228 g/mol. The number of piperazine rings is 1. The van der Waals surface area contributed by atoms with E-state index in [1.165, 1.54) is 12.8 Å². The minimum Gasteiger partial charge on any atom is -0.341 e. The Hall–Kier alpha value is -1.06.